The van der Waals surface area contributed by atoms with Gasteiger partial charge < -0.3 is 10.4 Å². The molecule has 0 radical (unpaired) electrons. The van der Waals surface area contributed by atoms with Crippen molar-refractivity contribution in [2.45, 2.75) is 39.2 Å². The van der Waals surface area contributed by atoms with Gasteiger partial charge >= 0.3 is 5.97 Å². The zero-order valence-corrected chi connectivity index (χ0v) is 12.1. The summed E-state index contributed by atoms with van der Waals surface area (Å²) < 4.78 is 0. The molecule has 0 aliphatic heterocycles. The van der Waals surface area contributed by atoms with Crippen LogP contribution in [0.2, 0.25) is 0 Å². The van der Waals surface area contributed by atoms with Gasteiger partial charge in [-0.25, -0.2) is 4.79 Å². The molecule has 1 aliphatic rings. The number of carbonyl (C=O) groups excluding carboxylic acids is 1. The number of nitrogens with one attached hydrogen (secondary N) is 1. The fourth-order valence-electron chi connectivity index (χ4n) is 2.63. The quantitative estimate of drug-likeness (QED) is 0.867. The summed E-state index contributed by atoms with van der Waals surface area (Å²) in [5.74, 6) is -1.27. The second kappa shape index (κ2) is 4.93. The molecule has 0 heterocycles. The molecule has 1 aliphatic carbocycles. The predicted molar refractivity (Wildman–Crippen MR) is 76.1 cm³/mol. The maximum absolute atomic E-state index is 12.3. The summed E-state index contributed by atoms with van der Waals surface area (Å²) in [7, 11) is 0. The summed E-state index contributed by atoms with van der Waals surface area (Å²) in [6, 6.07) is 8.90. The first-order valence-corrected chi connectivity index (χ1v) is 6.94. The Labute approximate surface area is 119 Å². The molecule has 1 aromatic carbocycles. The normalized spacial score (nSPS) is 22.6. The van der Waals surface area contributed by atoms with Gasteiger partial charge in [0.05, 0.1) is 0 Å². The molecule has 2 atom stereocenters. The van der Waals surface area contributed by atoms with Gasteiger partial charge in [-0.1, -0.05) is 51.1 Å². The minimum Gasteiger partial charge on any atom is -0.479 e. The van der Waals surface area contributed by atoms with Crippen molar-refractivity contribution in [2.75, 3.05) is 0 Å². The monoisotopic (exact) mass is 275 g/mol. The predicted octanol–water partition coefficient (Wildman–Crippen LogP) is 2.54. The molecule has 0 spiro atoms. The van der Waals surface area contributed by atoms with Crippen molar-refractivity contribution in [3.63, 3.8) is 0 Å². The van der Waals surface area contributed by atoms with E-state index >= 15 is 0 Å². The van der Waals surface area contributed by atoms with Crippen molar-refractivity contribution in [3.8, 4) is 0 Å². The van der Waals surface area contributed by atoms with Crippen LogP contribution < -0.4 is 5.32 Å². The van der Waals surface area contributed by atoms with Crippen molar-refractivity contribution >= 4 is 11.9 Å². The number of carboxylic acids is 1. The Morgan fingerprint density at radius 2 is 1.90 bits per heavy atom. The van der Waals surface area contributed by atoms with Gasteiger partial charge in [-0.15, -0.1) is 0 Å². The van der Waals surface area contributed by atoms with Gasteiger partial charge in [0, 0.05) is 5.92 Å². The van der Waals surface area contributed by atoms with E-state index in [-0.39, 0.29) is 17.2 Å². The molecule has 0 saturated heterocycles. The largest absolute Gasteiger partial charge is 0.479 e. The van der Waals surface area contributed by atoms with Crippen LogP contribution in [0.5, 0.6) is 0 Å². The summed E-state index contributed by atoms with van der Waals surface area (Å²) >= 11 is 0. The minimum atomic E-state index is -1.34. The molecule has 1 saturated carbocycles. The topological polar surface area (TPSA) is 66.4 Å². The molecular weight excluding hydrogens is 254 g/mol. The van der Waals surface area contributed by atoms with Gasteiger partial charge in [-0.05, 0) is 23.8 Å². The molecule has 20 heavy (non-hydrogen) atoms. The summed E-state index contributed by atoms with van der Waals surface area (Å²) in [6.45, 7) is 5.82. The molecular formula is C16H21NO3. The van der Waals surface area contributed by atoms with Crippen molar-refractivity contribution < 1.29 is 14.7 Å². The van der Waals surface area contributed by atoms with Crippen LogP contribution in [-0.2, 0) is 15.1 Å². The van der Waals surface area contributed by atoms with Crippen LogP contribution in [0.4, 0.5) is 0 Å². The molecule has 2 N–H and O–H groups in total. The standard InChI is InChI=1S/C16H21NO3/c1-4-16(14(19)20,11-8-6-5-7-9-11)17-13(18)12-10-15(12,2)3/h5-9,12H,4,10H2,1-3H3,(H,17,18)(H,19,20)/t12-,16?/m1/s1. The molecule has 1 amide bonds. The number of aliphatic carboxylic acids is 1. The zero-order valence-electron chi connectivity index (χ0n) is 12.1. The summed E-state index contributed by atoms with van der Waals surface area (Å²) in [4.78, 5) is 24.1. The fraction of sp³-hybridized carbons (Fsp3) is 0.500. The first-order valence-electron chi connectivity index (χ1n) is 6.94. The minimum absolute atomic E-state index is 0.0151. The van der Waals surface area contributed by atoms with E-state index in [1.165, 1.54) is 0 Å². The van der Waals surface area contributed by atoms with Crippen LogP contribution in [0.3, 0.4) is 0 Å². The fourth-order valence-corrected chi connectivity index (χ4v) is 2.63. The van der Waals surface area contributed by atoms with E-state index in [0.717, 1.165) is 6.42 Å². The third kappa shape index (κ3) is 2.42. The first kappa shape index (κ1) is 14.6. The van der Waals surface area contributed by atoms with Crippen LogP contribution >= 0.6 is 0 Å². The lowest BCUT2D eigenvalue weighted by Gasteiger charge is -2.30. The molecule has 4 nitrogen and oxygen atoms in total. The van der Waals surface area contributed by atoms with E-state index in [4.69, 9.17) is 0 Å². The van der Waals surface area contributed by atoms with E-state index in [2.05, 4.69) is 5.32 Å². The summed E-state index contributed by atoms with van der Waals surface area (Å²) in [5.41, 5.74) is -0.739. The lowest BCUT2D eigenvalue weighted by molar-refractivity contribution is -0.148. The van der Waals surface area contributed by atoms with Gasteiger partial charge in [-0.3, -0.25) is 4.79 Å². The zero-order chi connectivity index (χ0) is 15.0. The van der Waals surface area contributed by atoms with Gasteiger partial charge in [0.25, 0.3) is 0 Å². The van der Waals surface area contributed by atoms with Gasteiger partial charge in [0.2, 0.25) is 5.91 Å². The Kier molecular flexibility index (Phi) is 3.59. The first-order chi connectivity index (χ1) is 9.33. The maximum atomic E-state index is 12.3. The van der Waals surface area contributed by atoms with E-state index < -0.39 is 11.5 Å². The van der Waals surface area contributed by atoms with Crippen LogP contribution in [0.25, 0.3) is 0 Å². The van der Waals surface area contributed by atoms with Crippen LogP contribution in [-0.4, -0.2) is 17.0 Å². The smallest absolute Gasteiger partial charge is 0.334 e. The third-order valence-corrected chi connectivity index (χ3v) is 4.33. The number of hydrogen-bond acceptors (Lipinski definition) is 2. The Hall–Kier alpha value is -1.84. The van der Waals surface area contributed by atoms with E-state index in [0.29, 0.717) is 12.0 Å². The lowest BCUT2D eigenvalue weighted by Crippen LogP contribution is -2.52. The number of rotatable bonds is 5. The van der Waals surface area contributed by atoms with Gasteiger partial charge in [0.15, 0.2) is 5.54 Å². The Morgan fingerprint density at radius 1 is 1.35 bits per heavy atom. The number of hydrogen-bond donors (Lipinski definition) is 2. The second-order valence-corrected chi connectivity index (χ2v) is 6.16. The van der Waals surface area contributed by atoms with Crippen molar-refractivity contribution in [3.05, 3.63) is 35.9 Å². The summed E-state index contributed by atoms with van der Waals surface area (Å²) in [6.07, 6.45) is 1.12. The highest BCUT2D eigenvalue weighted by Gasteiger charge is 2.53. The summed E-state index contributed by atoms with van der Waals surface area (Å²) in [5, 5.41) is 12.4. The Bertz CT molecular complexity index is 524. The number of benzene rings is 1. The molecule has 1 aromatic rings. The lowest BCUT2D eigenvalue weighted by atomic mass is 9.86. The van der Waals surface area contributed by atoms with Crippen molar-refractivity contribution in [2.24, 2.45) is 11.3 Å². The molecule has 2 rings (SSSR count). The highest BCUT2D eigenvalue weighted by molar-refractivity contribution is 5.90. The van der Waals surface area contributed by atoms with E-state index in [9.17, 15) is 14.7 Å². The van der Waals surface area contributed by atoms with Crippen molar-refractivity contribution in [1.29, 1.82) is 0 Å². The van der Waals surface area contributed by atoms with E-state index in [1.54, 1.807) is 31.2 Å². The molecule has 4 heteroatoms. The highest BCUT2D eigenvalue weighted by Crippen LogP contribution is 2.52. The Balaban J connectivity index is 2.29. The SMILES string of the molecule is CCC(NC(=O)[C@H]1CC1(C)C)(C(=O)O)c1ccccc1. The maximum Gasteiger partial charge on any atom is 0.334 e. The average molecular weight is 275 g/mol. The third-order valence-electron chi connectivity index (χ3n) is 4.33. The molecule has 0 bridgehead atoms. The van der Waals surface area contributed by atoms with Crippen LogP contribution in [0, 0.1) is 11.3 Å². The van der Waals surface area contributed by atoms with Gasteiger partial charge in [0.1, 0.15) is 0 Å². The number of amides is 1. The van der Waals surface area contributed by atoms with Crippen LogP contribution in [0.1, 0.15) is 39.2 Å². The Morgan fingerprint density at radius 3 is 2.30 bits per heavy atom. The average Bonchev–Trinajstić information content (AvgIpc) is 3.06. The highest BCUT2D eigenvalue weighted by atomic mass is 16.4. The number of carboxylic acid groups (broad SMARTS) is 1. The number of carbonyl (C=O) groups is 2. The van der Waals surface area contributed by atoms with Crippen molar-refractivity contribution in [1.82, 2.24) is 5.32 Å². The second-order valence-electron chi connectivity index (χ2n) is 6.16. The molecule has 1 unspecified atom stereocenters. The van der Waals surface area contributed by atoms with Crippen LogP contribution in [0.15, 0.2) is 30.3 Å². The van der Waals surface area contributed by atoms with Gasteiger partial charge in [-0.2, -0.15) is 0 Å². The molecule has 0 aromatic heterocycles. The van der Waals surface area contributed by atoms with E-state index in [1.807, 2.05) is 19.9 Å². The molecule has 1 fully saturated rings. The molecule has 108 valence electrons.